The predicted molar refractivity (Wildman–Crippen MR) is 48.1 cm³/mol. The second-order valence-electron chi connectivity index (χ2n) is 2.26. The smallest absolute Gasteiger partial charge is 0.340 e. The van der Waals surface area contributed by atoms with E-state index in [1.54, 1.807) is 6.92 Å². The van der Waals surface area contributed by atoms with Crippen molar-refractivity contribution in [3.63, 3.8) is 0 Å². The molecule has 0 fully saturated rings. The fraction of sp³-hybridized carbons (Fsp3) is 0.429. The Bertz CT molecular complexity index is 300. The minimum Gasteiger partial charge on any atom is -0.464 e. The molecular weight excluding hydrogens is 192 g/mol. The topological polar surface area (TPSA) is 85.4 Å². The lowest BCUT2D eigenvalue weighted by molar-refractivity contribution is -0.153. The van der Waals surface area contributed by atoms with Crippen molar-refractivity contribution in [2.75, 3.05) is 12.3 Å². The van der Waals surface area contributed by atoms with Crippen molar-refractivity contribution in [3.05, 3.63) is 11.1 Å². The second-order valence-corrected chi connectivity index (χ2v) is 3.35. The van der Waals surface area contributed by atoms with Gasteiger partial charge in [0, 0.05) is 6.20 Å². The largest absolute Gasteiger partial charge is 0.464 e. The molecule has 6 heteroatoms. The first-order chi connectivity index (χ1) is 6.15. The molecular formula is C7H10N2O3S. The minimum absolute atomic E-state index is 0.240. The lowest BCUT2D eigenvalue weighted by Crippen LogP contribution is -2.14. The van der Waals surface area contributed by atoms with Crippen LogP contribution in [0.5, 0.6) is 0 Å². The summed E-state index contributed by atoms with van der Waals surface area (Å²) in [5, 5.41) is 9.69. The minimum atomic E-state index is -1.27. The number of esters is 1. The van der Waals surface area contributed by atoms with Crippen LogP contribution in [0.2, 0.25) is 0 Å². The van der Waals surface area contributed by atoms with Crippen molar-refractivity contribution >= 4 is 22.4 Å². The van der Waals surface area contributed by atoms with Crippen LogP contribution in [0.4, 0.5) is 5.13 Å². The zero-order valence-electron chi connectivity index (χ0n) is 7.06. The van der Waals surface area contributed by atoms with Gasteiger partial charge in [0.05, 0.1) is 11.5 Å². The number of aliphatic hydroxyl groups excluding tert-OH is 1. The molecule has 1 unspecified atom stereocenters. The summed E-state index contributed by atoms with van der Waals surface area (Å²) in [5.41, 5.74) is 5.33. The third kappa shape index (κ3) is 2.40. The molecule has 0 saturated heterocycles. The quantitative estimate of drug-likeness (QED) is 0.689. The normalized spacial score (nSPS) is 12.5. The van der Waals surface area contributed by atoms with Crippen molar-refractivity contribution in [3.8, 4) is 0 Å². The van der Waals surface area contributed by atoms with Gasteiger partial charge in [-0.1, -0.05) is 11.3 Å². The van der Waals surface area contributed by atoms with E-state index in [2.05, 4.69) is 9.72 Å². The molecule has 0 saturated carbocycles. The number of anilines is 1. The van der Waals surface area contributed by atoms with E-state index in [0.717, 1.165) is 11.3 Å². The molecule has 1 aromatic heterocycles. The summed E-state index contributed by atoms with van der Waals surface area (Å²) in [6.07, 6.45) is 0.0939. The molecule has 0 aliphatic carbocycles. The number of nitrogens with zero attached hydrogens (tertiary/aromatic N) is 1. The van der Waals surface area contributed by atoms with Gasteiger partial charge in [-0.3, -0.25) is 0 Å². The number of carbonyl (C=O) groups is 1. The van der Waals surface area contributed by atoms with Crippen LogP contribution in [0.15, 0.2) is 6.20 Å². The first kappa shape index (κ1) is 9.94. The number of aromatic nitrogens is 1. The molecule has 0 radical (unpaired) electrons. The Labute approximate surface area is 79.2 Å². The SMILES string of the molecule is CCOC(=O)C(O)c1cnc(N)s1. The Morgan fingerprint density at radius 2 is 2.62 bits per heavy atom. The number of hydrogen-bond acceptors (Lipinski definition) is 6. The van der Waals surface area contributed by atoms with Gasteiger partial charge in [0.2, 0.25) is 0 Å². The maximum absolute atomic E-state index is 11.0. The number of nitrogen functional groups attached to an aromatic ring is 1. The van der Waals surface area contributed by atoms with Crippen molar-refractivity contribution in [1.29, 1.82) is 0 Å². The number of aliphatic hydroxyl groups is 1. The van der Waals surface area contributed by atoms with Gasteiger partial charge < -0.3 is 15.6 Å². The van der Waals surface area contributed by atoms with Gasteiger partial charge in [-0.2, -0.15) is 0 Å². The molecule has 1 atom stereocenters. The van der Waals surface area contributed by atoms with E-state index in [0.29, 0.717) is 10.0 Å². The van der Waals surface area contributed by atoms with Crippen LogP contribution >= 0.6 is 11.3 Å². The Balaban J connectivity index is 2.67. The molecule has 0 aliphatic heterocycles. The Kier molecular flexibility index (Phi) is 3.21. The molecule has 1 heterocycles. The summed E-state index contributed by atoms with van der Waals surface area (Å²) in [6.45, 7) is 1.91. The second kappa shape index (κ2) is 4.20. The Morgan fingerprint density at radius 1 is 1.92 bits per heavy atom. The third-order valence-electron chi connectivity index (χ3n) is 1.32. The van der Waals surface area contributed by atoms with Crippen LogP contribution < -0.4 is 5.73 Å². The molecule has 1 rings (SSSR count). The summed E-state index contributed by atoms with van der Waals surface area (Å²) in [5.74, 6) is -0.675. The van der Waals surface area contributed by atoms with Crippen LogP contribution in [0.1, 0.15) is 17.9 Å². The van der Waals surface area contributed by atoms with Gasteiger partial charge in [-0.05, 0) is 6.92 Å². The van der Waals surface area contributed by atoms with Gasteiger partial charge in [-0.15, -0.1) is 0 Å². The van der Waals surface area contributed by atoms with E-state index in [1.807, 2.05) is 0 Å². The number of rotatable bonds is 3. The standard InChI is InChI=1S/C7H10N2O3S/c1-2-12-6(11)5(10)4-3-9-7(8)13-4/h3,5,10H,2H2,1H3,(H2,8,9). The van der Waals surface area contributed by atoms with Gasteiger partial charge in [0.15, 0.2) is 11.2 Å². The zero-order chi connectivity index (χ0) is 9.84. The van der Waals surface area contributed by atoms with Crippen LogP contribution in [-0.4, -0.2) is 22.7 Å². The molecule has 0 aliphatic rings. The summed E-state index contributed by atoms with van der Waals surface area (Å²) in [4.78, 5) is 15.1. The Hall–Kier alpha value is -1.14. The summed E-state index contributed by atoms with van der Waals surface area (Å²) >= 11 is 1.07. The summed E-state index contributed by atoms with van der Waals surface area (Å²) < 4.78 is 4.62. The zero-order valence-corrected chi connectivity index (χ0v) is 7.87. The van der Waals surface area contributed by atoms with Crippen molar-refractivity contribution in [2.24, 2.45) is 0 Å². The molecule has 0 aromatic carbocycles. The van der Waals surface area contributed by atoms with Crippen LogP contribution in [0.25, 0.3) is 0 Å². The van der Waals surface area contributed by atoms with E-state index in [4.69, 9.17) is 5.73 Å². The number of nitrogens with two attached hydrogens (primary N) is 1. The van der Waals surface area contributed by atoms with Crippen LogP contribution in [0.3, 0.4) is 0 Å². The van der Waals surface area contributed by atoms with Crippen LogP contribution in [0, 0.1) is 0 Å². The molecule has 0 amide bonds. The first-order valence-electron chi connectivity index (χ1n) is 3.71. The third-order valence-corrected chi connectivity index (χ3v) is 2.20. The molecule has 5 nitrogen and oxygen atoms in total. The summed E-state index contributed by atoms with van der Waals surface area (Å²) in [7, 11) is 0. The molecule has 1 aromatic rings. The molecule has 3 N–H and O–H groups in total. The highest BCUT2D eigenvalue weighted by molar-refractivity contribution is 7.15. The highest BCUT2D eigenvalue weighted by Crippen LogP contribution is 2.22. The highest BCUT2D eigenvalue weighted by Gasteiger charge is 2.20. The summed E-state index contributed by atoms with van der Waals surface area (Å²) in [6, 6.07) is 0. The van der Waals surface area contributed by atoms with Gasteiger partial charge >= 0.3 is 5.97 Å². The predicted octanol–water partition coefficient (Wildman–Crippen LogP) is 0.322. The molecule has 72 valence electrons. The fourth-order valence-electron chi connectivity index (χ4n) is 0.764. The number of carbonyl (C=O) groups excluding carboxylic acids is 1. The van der Waals surface area contributed by atoms with Gasteiger partial charge in [0.1, 0.15) is 0 Å². The van der Waals surface area contributed by atoms with Crippen molar-refractivity contribution in [1.82, 2.24) is 4.98 Å². The van der Waals surface area contributed by atoms with Gasteiger partial charge in [0.25, 0.3) is 0 Å². The first-order valence-corrected chi connectivity index (χ1v) is 4.52. The average Bonchev–Trinajstić information content (AvgIpc) is 2.51. The number of hydrogen-bond donors (Lipinski definition) is 2. The van der Waals surface area contributed by atoms with E-state index >= 15 is 0 Å². The lowest BCUT2D eigenvalue weighted by Gasteiger charge is -2.05. The van der Waals surface area contributed by atoms with E-state index in [-0.39, 0.29) is 6.61 Å². The van der Waals surface area contributed by atoms with E-state index in [9.17, 15) is 9.90 Å². The highest BCUT2D eigenvalue weighted by atomic mass is 32.1. The van der Waals surface area contributed by atoms with Crippen molar-refractivity contribution < 1.29 is 14.6 Å². The maximum Gasteiger partial charge on any atom is 0.340 e. The van der Waals surface area contributed by atoms with E-state index < -0.39 is 12.1 Å². The maximum atomic E-state index is 11.0. The monoisotopic (exact) mass is 202 g/mol. The van der Waals surface area contributed by atoms with Crippen molar-refractivity contribution in [2.45, 2.75) is 13.0 Å². The van der Waals surface area contributed by atoms with Crippen LogP contribution in [-0.2, 0) is 9.53 Å². The fourth-order valence-corrected chi connectivity index (χ4v) is 1.42. The number of ether oxygens (including phenoxy) is 1. The molecule has 0 spiro atoms. The number of thiazole rings is 1. The lowest BCUT2D eigenvalue weighted by atomic mass is 10.3. The van der Waals surface area contributed by atoms with E-state index in [1.165, 1.54) is 6.20 Å². The Morgan fingerprint density at radius 3 is 3.08 bits per heavy atom. The van der Waals surface area contributed by atoms with Gasteiger partial charge in [-0.25, -0.2) is 9.78 Å². The molecule has 13 heavy (non-hydrogen) atoms. The molecule has 0 bridgehead atoms. The average molecular weight is 202 g/mol.